The predicted octanol–water partition coefficient (Wildman–Crippen LogP) is 1.58. The molecule has 5 nitrogen and oxygen atoms in total. The molecule has 0 fully saturated rings. The topological polar surface area (TPSA) is 74.2 Å². The number of ether oxygens (including phenoxy) is 1. The van der Waals surface area contributed by atoms with E-state index >= 15 is 0 Å². The fourth-order valence-electron chi connectivity index (χ4n) is 1.14. The van der Waals surface area contributed by atoms with Crippen molar-refractivity contribution in [1.29, 1.82) is 0 Å². The van der Waals surface area contributed by atoms with Crippen LogP contribution in [0.1, 0.15) is 51.1 Å². The minimum absolute atomic E-state index is 0.0868. The van der Waals surface area contributed by atoms with Crippen LogP contribution in [-0.2, 0) is 4.74 Å². The van der Waals surface area contributed by atoms with Crippen LogP contribution in [0.3, 0.4) is 0 Å². The van der Waals surface area contributed by atoms with Crippen LogP contribution in [0.25, 0.3) is 0 Å². The average molecular weight is 199 g/mol. The molecule has 0 aromatic carbocycles. The highest BCUT2D eigenvalue weighted by Gasteiger charge is 2.17. The number of hydrogen-bond donors (Lipinski definition) is 1. The summed E-state index contributed by atoms with van der Waals surface area (Å²) in [5.74, 6) is 1.04. The monoisotopic (exact) mass is 199 g/mol. The Hall–Kier alpha value is -0.940. The van der Waals surface area contributed by atoms with Crippen molar-refractivity contribution in [2.45, 2.75) is 39.3 Å². The highest BCUT2D eigenvalue weighted by atomic mass is 16.5. The Morgan fingerprint density at radius 3 is 2.64 bits per heavy atom. The Balaban J connectivity index is 2.73. The number of nitrogens with zero attached hydrogens (tertiary/aromatic N) is 2. The van der Waals surface area contributed by atoms with Crippen LogP contribution >= 0.6 is 0 Å². The first kappa shape index (κ1) is 11.1. The number of aromatic nitrogens is 2. The second-order valence-electron chi connectivity index (χ2n) is 3.13. The molecule has 0 spiro atoms. The first-order chi connectivity index (χ1) is 6.69. The summed E-state index contributed by atoms with van der Waals surface area (Å²) in [6.07, 6.45) is 0.738. The molecule has 1 aromatic rings. The molecular weight excluding hydrogens is 182 g/mol. The summed E-state index contributed by atoms with van der Waals surface area (Å²) in [5, 5.41) is 3.84. The molecule has 2 unspecified atom stereocenters. The Morgan fingerprint density at radius 1 is 1.50 bits per heavy atom. The molecule has 2 N–H and O–H groups in total. The zero-order valence-electron chi connectivity index (χ0n) is 8.86. The third kappa shape index (κ3) is 2.52. The summed E-state index contributed by atoms with van der Waals surface area (Å²) in [6, 6.07) is -0.226. The molecule has 0 saturated heterocycles. The van der Waals surface area contributed by atoms with Crippen molar-refractivity contribution < 1.29 is 9.26 Å². The van der Waals surface area contributed by atoms with E-state index in [9.17, 15) is 0 Å². The largest absolute Gasteiger partial charge is 0.370 e. The van der Waals surface area contributed by atoms with Gasteiger partial charge in [0.05, 0.1) is 6.04 Å². The molecule has 0 amide bonds. The Bertz CT molecular complexity index is 273. The van der Waals surface area contributed by atoms with Gasteiger partial charge in [-0.15, -0.1) is 0 Å². The quantitative estimate of drug-likeness (QED) is 0.779. The lowest BCUT2D eigenvalue weighted by Gasteiger charge is -2.09. The van der Waals surface area contributed by atoms with E-state index in [0.29, 0.717) is 18.3 Å². The lowest BCUT2D eigenvalue weighted by molar-refractivity contribution is 0.0518. The van der Waals surface area contributed by atoms with Gasteiger partial charge in [-0.3, -0.25) is 0 Å². The Labute approximate surface area is 83.6 Å². The van der Waals surface area contributed by atoms with Gasteiger partial charge in [-0.2, -0.15) is 4.98 Å². The van der Waals surface area contributed by atoms with Crippen LogP contribution in [0, 0.1) is 0 Å². The number of hydrogen-bond acceptors (Lipinski definition) is 5. The summed E-state index contributed by atoms with van der Waals surface area (Å²) in [6.45, 7) is 6.40. The maximum atomic E-state index is 5.61. The van der Waals surface area contributed by atoms with Crippen LogP contribution in [0.15, 0.2) is 4.52 Å². The lowest BCUT2D eigenvalue weighted by Crippen LogP contribution is -2.07. The molecule has 1 rings (SSSR count). The molecule has 2 atom stereocenters. The second-order valence-corrected chi connectivity index (χ2v) is 3.13. The average Bonchev–Trinajstić information content (AvgIpc) is 2.63. The maximum Gasteiger partial charge on any atom is 0.243 e. The summed E-state index contributed by atoms with van der Waals surface area (Å²) >= 11 is 0. The molecule has 5 heteroatoms. The van der Waals surface area contributed by atoms with Gasteiger partial charge < -0.3 is 15.0 Å². The van der Waals surface area contributed by atoms with Crippen molar-refractivity contribution in [2.75, 3.05) is 6.61 Å². The van der Waals surface area contributed by atoms with Gasteiger partial charge in [0.2, 0.25) is 11.7 Å². The third-order valence-electron chi connectivity index (χ3n) is 1.87. The zero-order chi connectivity index (χ0) is 10.6. The van der Waals surface area contributed by atoms with Crippen molar-refractivity contribution in [3.05, 3.63) is 11.7 Å². The Morgan fingerprint density at radius 2 is 2.21 bits per heavy atom. The van der Waals surface area contributed by atoms with Gasteiger partial charge in [-0.05, 0) is 20.3 Å². The standard InChI is InChI=1S/C9H17N3O2/c1-4-7(13-5-2)8-11-9(6(3)10)14-12-8/h6-7H,4-5,10H2,1-3H3. The van der Waals surface area contributed by atoms with Crippen LogP contribution in [0.2, 0.25) is 0 Å². The molecular formula is C9H17N3O2. The zero-order valence-corrected chi connectivity index (χ0v) is 8.86. The molecule has 0 bridgehead atoms. The summed E-state index contributed by atoms with van der Waals surface area (Å²) < 4.78 is 10.4. The minimum atomic E-state index is -0.226. The summed E-state index contributed by atoms with van der Waals surface area (Å²) in [5.41, 5.74) is 5.61. The van der Waals surface area contributed by atoms with Crippen molar-refractivity contribution in [2.24, 2.45) is 5.73 Å². The van der Waals surface area contributed by atoms with E-state index in [0.717, 1.165) is 6.42 Å². The third-order valence-corrected chi connectivity index (χ3v) is 1.87. The van der Waals surface area contributed by atoms with E-state index in [1.54, 1.807) is 6.92 Å². The van der Waals surface area contributed by atoms with Gasteiger partial charge >= 0.3 is 0 Å². The molecule has 80 valence electrons. The fraction of sp³-hybridized carbons (Fsp3) is 0.778. The van der Waals surface area contributed by atoms with Gasteiger partial charge in [-0.1, -0.05) is 12.1 Å². The van der Waals surface area contributed by atoms with Crippen LogP contribution in [0.4, 0.5) is 0 Å². The maximum absolute atomic E-state index is 5.61. The van der Waals surface area contributed by atoms with Gasteiger partial charge in [0.25, 0.3) is 0 Å². The van der Waals surface area contributed by atoms with E-state index in [4.69, 9.17) is 15.0 Å². The molecule has 1 aromatic heterocycles. The summed E-state index contributed by atoms with van der Waals surface area (Å²) in [4.78, 5) is 4.17. The lowest BCUT2D eigenvalue weighted by atomic mass is 10.2. The van der Waals surface area contributed by atoms with E-state index in [-0.39, 0.29) is 12.1 Å². The Kier molecular flexibility index (Phi) is 4.03. The van der Waals surface area contributed by atoms with Crippen molar-refractivity contribution >= 4 is 0 Å². The summed E-state index contributed by atoms with van der Waals surface area (Å²) in [7, 11) is 0. The second kappa shape index (κ2) is 5.07. The molecule has 0 aliphatic heterocycles. The molecule has 1 heterocycles. The van der Waals surface area contributed by atoms with Crippen LogP contribution in [-0.4, -0.2) is 16.7 Å². The molecule has 0 radical (unpaired) electrons. The van der Waals surface area contributed by atoms with Crippen molar-refractivity contribution in [3.63, 3.8) is 0 Å². The van der Waals surface area contributed by atoms with Gasteiger partial charge in [0, 0.05) is 6.61 Å². The molecule has 0 aliphatic rings. The molecule has 0 saturated carbocycles. The normalized spacial score (nSPS) is 15.4. The van der Waals surface area contributed by atoms with E-state index < -0.39 is 0 Å². The first-order valence-corrected chi connectivity index (χ1v) is 4.89. The number of rotatable bonds is 5. The SMILES string of the molecule is CCOC(CC)c1noc(C(C)N)n1. The predicted molar refractivity (Wildman–Crippen MR) is 51.6 cm³/mol. The highest BCUT2D eigenvalue weighted by Crippen LogP contribution is 2.18. The molecule has 14 heavy (non-hydrogen) atoms. The van der Waals surface area contributed by atoms with Gasteiger partial charge in [-0.25, -0.2) is 0 Å². The van der Waals surface area contributed by atoms with Gasteiger partial charge in [0.15, 0.2) is 0 Å². The van der Waals surface area contributed by atoms with E-state index in [1.807, 2.05) is 13.8 Å². The van der Waals surface area contributed by atoms with Crippen molar-refractivity contribution in [1.82, 2.24) is 10.1 Å². The highest BCUT2D eigenvalue weighted by molar-refractivity contribution is 4.93. The van der Waals surface area contributed by atoms with E-state index in [2.05, 4.69) is 10.1 Å². The molecule has 0 aliphatic carbocycles. The van der Waals surface area contributed by atoms with Gasteiger partial charge in [0.1, 0.15) is 6.10 Å². The van der Waals surface area contributed by atoms with Crippen LogP contribution < -0.4 is 5.73 Å². The van der Waals surface area contributed by atoms with Crippen LogP contribution in [0.5, 0.6) is 0 Å². The fourth-order valence-corrected chi connectivity index (χ4v) is 1.14. The smallest absolute Gasteiger partial charge is 0.243 e. The van der Waals surface area contributed by atoms with E-state index in [1.165, 1.54) is 0 Å². The van der Waals surface area contributed by atoms with Crippen molar-refractivity contribution in [3.8, 4) is 0 Å². The first-order valence-electron chi connectivity index (χ1n) is 4.89. The number of nitrogens with two attached hydrogens (primary N) is 1. The minimum Gasteiger partial charge on any atom is -0.370 e.